The van der Waals surface area contributed by atoms with Crippen molar-refractivity contribution >= 4 is 39.3 Å². The largest absolute Gasteiger partial charge is 0.573 e. The molecule has 0 unspecified atom stereocenters. The van der Waals surface area contributed by atoms with Gasteiger partial charge in [0.25, 0.3) is 0 Å². The lowest BCUT2D eigenvalue weighted by atomic mass is 10.3. The van der Waals surface area contributed by atoms with Crippen molar-refractivity contribution in [3.63, 3.8) is 0 Å². The number of rotatable bonds is 5. The number of alkyl halides is 3. The van der Waals surface area contributed by atoms with Crippen LogP contribution in [0.25, 0.3) is 0 Å². The molecule has 7 nitrogen and oxygen atoms in total. The lowest BCUT2D eigenvalue weighted by Crippen LogP contribution is -2.16. The van der Waals surface area contributed by atoms with Crippen molar-refractivity contribution in [2.24, 2.45) is 0 Å². The molecule has 0 saturated heterocycles. The monoisotopic (exact) mass is 452 g/mol. The molecule has 2 rings (SSSR count). The number of esters is 1. The number of carbonyl (C=O) groups excluding carboxylic acids is 1. The second-order valence-electron chi connectivity index (χ2n) is 4.52. The Hall–Kier alpha value is -2.34. The maximum absolute atomic E-state index is 12.2. The van der Waals surface area contributed by atoms with Crippen molar-refractivity contribution in [1.29, 1.82) is 0 Å². The number of hydrogen-bond donors (Lipinski definition) is 0. The quantitative estimate of drug-likeness (QED) is 0.283. The smallest absolute Gasteiger partial charge is 0.464 e. The normalized spacial score (nSPS) is 11.1. The number of aromatic nitrogens is 1. The van der Waals surface area contributed by atoms with Gasteiger partial charge in [-0.25, -0.2) is 9.78 Å². The minimum absolute atomic E-state index is 0.143. The Morgan fingerprint density at radius 1 is 1.31 bits per heavy atom. The van der Waals surface area contributed by atoms with Crippen LogP contribution in [0.1, 0.15) is 10.5 Å². The van der Waals surface area contributed by atoms with E-state index in [-0.39, 0.29) is 9.50 Å². The molecular weight excluding hydrogens is 445 g/mol. The van der Waals surface area contributed by atoms with Crippen LogP contribution in [0.3, 0.4) is 0 Å². The van der Waals surface area contributed by atoms with Crippen molar-refractivity contribution in [1.82, 2.24) is 4.98 Å². The fourth-order valence-electron chi connectivity index (χ4n) is 1.76. The number of ether oxygens (including phenoxy) is 2. The van der Waals surface area contributed by atoms with Gasteiger partial charge in [-0.15, -0.1) is 13.2 Å². The van der Waals surface area contributed by atoms with Crippen molar-refractivity contribution < 1.29 is 32.4 Å². The summed E-state index contributed by atoms with van der Waals surface area (Å²) < 4.78 is 44.8. The summed E-state index contributed by atoms with van der Waals surface area (Å²) in [6, 6.07) is 6.02. The van der Waals surface area contributed by atoms with Crippen LogP contribution in [0.15, 0.2) is 44.7 Å². The van der Waals surface area contributed by atoms with Crippen molar-refractivity contribution in [3.05, 3.63) is 50.7 Å². The molecule has 0 aliphatic carbocycles. The third kappa shape index (κ3) is 5.08. The SMILES string of the molecule is COC(=O)c1nc(Br)c(Sc2ccc(OC(F)(F)F)cc2)cc1[N+](=O)[O-]. The lowest BCUT2D eigenvalue weighted by Gasteiger charge is -2.10. The zero-order chi connectivity index (χ0) is 19.5. The van der Waals surface area contributed by atoms with Crippen molar-refractivity contribution in [2.75, 3.05) is 7.11 Å². The minimum atomic E-state index is -4.80. The van der Waals surface area contributed by atoms with Gasteiger partial charge in [-0.05, 0) is 40.2 Å². The molecule has 0 N–H and O–H groups in total. The average Bonchev–Trinajstić information content (AvgIpc) is 2.55. The van der Waals surface area contributed by atoms with Crippen LogP contribution in [-0.4, -0.2) is 29.3 Å². The lowest BCUT2D eigenvalue weighted by molar-refractivity contribution is -0.385. The van der Waals surface area contributed by atoms with Crippen LogP contribution in [0, 0.1) is 10.1 Å². The molecule has 0 fully saturated rings. The highest BCUT2D eigenvalue weighted by molar-refractivity contribution is 9.10. The third-order valence-corrected chi connectivity index (χ3v) is 4.69. The fraction of sp³-hybridized carbons (Fsp3) is 0.143. The molecule has 1 aromatic carbocycles. The average molecular weight is 453 g/mol. The fourth-order valence-corrected chi connectivity index (χ4v) is 3.12. The standard InChI is InChI=1S/C14H8BrF3N2O5S/c1-24-13(21)11-9(20(22)23)6-10(12(15)19-11)26-8-4-2-7(3-5-8)25-14(16,17)18/h2-6H,1H3. The van der Waals surface area contributed by atoms with E-state index >= 15 is 0 Å². The molecule has 0 spiro atoms. The van der Waals surface area contributed by atoms with Gasteiger partial charge in [-0.1, -0.05) is 11.8 Å². The van der Waals surface area contributed by atoms with Gasteiger partial charge in [0.2, 0.25) is 5.69 Å². The number of benzene rings is 1. The predicted molar refractivity (Wildman–Crippen MR) is 87.2 cm³/mol. The summed E-state index contributed by atoms with van der Waals surface area (Å²) in [5.74, 6) is -1.37. The summed E-state index contributed by atoms with van der Waals surface area (Å²) in [5, 5.41) is 11.1. The summed E-state index contributed by atoms with van der Waals surface area (Å²) >= 11 is 4.10. The van der Waals surface area contributed by atoms with E-state index in [2.05, 4.69) is 30.4 Å². The zero-order valence-corrected chi connectivity index (χ0v) is 15.1. The van der Waals surface area contributed by atoms with Crippen molar-refractivity contribution in [3.8, 4) is 5.75 Å². The summed E-state index contributed by atoms with van der Waals surface area (Å²) in [6.45, 7) is 0. The van der Waals surface area contributed by atoms with Gasteiger partial charge in [0, 0.05) is 11.0 Å². The van der Waals surface area contributed by atoms with E-state index in [0.29, 0.717) is 4.90 Å². The molecule has 1 heterocycles. The highest BCUT2D eigenvalue weighted by atomic mass is 79.9. The van der Waals surface area contributed by atoms with Gasteiger partial charge in [0.1, 0.15) is 10.4 Å². The van der Waals surface area contributed by atoms with Crippen LogP contribution in [0.4, 0.5) is 18.9 Å². The Bertz CT molecular complexity index is 846. The van der Waals surface area contributed by atoms with Gasteiger partial charge < -0.3 is 9.47 Å². The maximum Gasteiger partial charge on any atom is 0.573 e. The van der Waals surface area contributed by atoms with Crippen LogP contribution in [-0.2, 0) is 4.74 Å². The molecular formula is C14H8BrF3N2O5S. The summed E-state index contributed by atoms with van der Waals surface area (Å²) in [4.78, 5) is 26.5. The number of carbonyl (C=O) groups is 1. The van der Waals surface area contributed by atoms with Crippen molar-refractivity contribution in [2.45, 2.75) is 16.2 Å². The molecule has 0 aliphatic rings. The molecule has 0 bridgehead atoms. The van der Waals surface area contributed by atoms with Gasteiger partial charge in [-0.2, -0.15) is 0 Å². The number of methoxy groups -OCH3 is 1. The van der Waals surface area contributed by atoms with Gasteiger partial charge in [0.05, 0.1) is 16.9 Å². The van der Waals surface area contributed by atoms with E-state index in [1.54, 1.807) is 0 Å². The highest BCUT2D eigenvalue weighted by Crippen LogP contribution is 2.37. The van der Waals surface area contributed by atoms with Crippen LogP contribution in [0.5, 0.6) is 5.75 Å². The van der Waals surface area contributed by atoms with Crippen LogP contribution in [0.2, 0.25) is 0 Å². The first-order valence-electron chi connectivity index (χ1n) is 6.57. The number of hydrogen-bond acceptors (Lipinski definition) is 7. The minimum Gasteiger partial charge on any atom is -0.464 e. The molecule has 0 radical (unpaired) electrons. The summed E-state index contributed by atoms with van der Waals surface area (Å²) in [6.07, 6.45) is -4.80. The number of nitro groups is 1. The Morgan fingerprint density at radius 3 is 2.42 bits per heavy atom. The third-order valence-electron chi connectivity index (χ3n) is 2.78. The molecule has 1 aromatic heterocycles. The van der Waals surface area contributed by atoms with Gasteiger partial charge >= 0.3 is 18.0 Å². The van der Waals surface area contributed by atoms with Gasteiger partial charge in [0.15, 0.2) is 0 Å². The van der Waals surface area contributed by atoms with E-state index in [1.165, 1.54) is 12.1 Å². The Labute approximate surface area is 156 Å². The summed E-state index contributed by atoms with van der Waals surface area (Å²) in [7, 11) is 1.06. The van der Waals surface area contributed by atoms with Crippen LogP contribution >= 0.6 is 27.7 Å². The molecule has 138 valence electrons. The van der Waals surface area contributed by atoms with E-state index in [9.17, 15) is 28.1 Å². The molecule has 0 atom stereocenters. The molecule has 12 heteroatoms. The highest BCUT2D eigenvalue weighted by Gasteiger charge is 2.31. The second-order valence-corrected chi connectivity index (χ2v) is 6.38. The topological polar surface area (TPSA) is 91.6 Å². The predicted octanol–water partition coefficient (Wildman–Crippen LogP) is 4.59. The molecule has 0 aliphatic heterocycles. The van der Waals surface area contributed by atoms with E-state index in [4.69, 9.17) is 0 Å². The van der Waals surface area contributed by atoms with Gasteiger partial charge in [-0.3, -0.25) is 10.1 Å². The number of nitrogens with zero attached hydrogens (tertiary/aromatic N) is 2. The first-order chi connectivity index (χ1) is 12.1. The Morgan fingerprint density at radius 2 is 1.92 bits per heavy atom. The molecule has 0 amide bonds. The summed E-state index contributed by atoms with van der Waals surface area (Å²) in [5.41, 5.74) is -1.03. The Balaban J connectivity index is 2.30. The van der Waals surface area contributed by atoms with E-state index < -0.39 is 34.4 Å². The van der Waals surface area contributed by atoms with E-state index in [0.717, 1.165) is 37.1 Å². The number of pyridine rings is 1. The molecule has 2 aromatic rings. The van der Waals surface area contributed by atoms with E-state index in [1.807, 2.05) is 0 Å². The first-order valence-corrected chi connectivity index (χ1v) is 8.18. The maximum atomic E-state index is 12.2. The first kappa shape index (κ1) is 20.0. The Kier molecular flexibility index (Phi) is 6.08. The zero-order valence-electron chi connectivity index (χ0n) is 12.7. The molecule has 26 heavy (non-hydrogen) atoms. The van der Waals surface area contributed by atoms with Crippen LogP contribution < -0.4 is 4.74 Å². The second kappa shape index (κ2) is 7.91. The molecule has 0 saturated carbocycles. The number of halogens is 4.